The van der Waals surface area contributed by atoms with E-state index in [0.717, 1.165) is 18.8 Å². The van der Waals surface area contributed by atoms with Crippen molar-refractivity contribution in [2.75, 3.05) is 5.73 Å². The Hall–Kier alpha value is -1.29. The number of nitrogen functional groups attached to an aromatic ring is 1. The van der Waals surface area contributed by atoms with Crippen LogP contribution in [0.1, 0.15) is 55.9 Å². The Balaban J connectivity index is 0.00000200. The van der Waals surface area contributed by atoms with Crippen molar-refractivity contribution in [3.8, 4) is 0 Å². The van der Waals surface area contributed by atoms with Gasteiger partial charge in [0.1, 0.15) is 5.69 Å². The Labute approximate surface area is 126 Å². The van der Waals surface area contributed by atoms with Gasteiger partial charge in [-0.05, 0) is 43.7 Å². The summed E-state index contributed by atoms with van der Waals surface area (Å²) in [4.78, 5) is 16.1. The summed E-state index contributed by atoms with van der Waals surface area (Å²) in [7, 11) is 0. The lowest BCUT2D eigenvalue weighted by atomic mass is 9.83. The Morgan fingerprint density at radius 3 is 2.60 bits per heavy atom. The van der Waals surface area contributed by atoms with E-state index in [0.29, 0.717) is 17.4 Å². The van der Waals surface area contributed by atoms with Gasteiger partial charge in [-0.3, -0.25) is 4.79 Å². The van der Waals surface area contributed by atoms with Gasteiger partial charge in [-0.25, -0.2) is 4.98 Å². The maximum atomic E-state index is 12.0. The van der Waals surface area contributed by atoms with Gasteiger partial charge in [-0.1, -0.05) is 19.8 Å². The Bertz CT molecular complexity index is 414. The number of carbonyl (C=O) groups is 1. The molecule has 1 saturated carbocycles. The monoisotopic (exact) mass is 297 g/mol. The number of halogens is 1. The second kappa shape index (κ2) is 8.10. The van der Waals surface area contributed by atoms with E-state index >= 15 is 0 Å². The minimum atomic E-state index is -0.0843. The molecule has 0 spiro atoms. The lowest BCUT2D eigenvalue weighted by molar-refractivity contribution is 0.0916. The third kappa shape index (κ3) is 4.67. The van der Waals surface area contributed by atoms with Crippen molar-refractivity contribution < 1.29 is 4.79 Å². The number of nitrogens with one attached hydrogen (secondary N) is 1. The van der Waals surface area contributed by atoms with Gasteiger partial charge in [-0.15, -0.1) is 12.4 Å². The molecule has 20 heavy (non-hydrogen) atoms. The zero-order valence-corrected chi connectivity index (χ0v) is 12.8. The van der Waals surface area contributed by atoms with Gasteiger partial charge in [0.2, 0.25) is 0 Å². The molecule has 1 aromatic heterocycles. The highest BCUT2D eigenvalue weighted by Gasteiger charge is 2.22. The van der Waals surface area contributed by atoms with E-state index in [1.165, 1.54) is 31.9 Å². The Kier molecular flexibility index (Phi) is 6.79. The topological polar surface area (TPSA) is 68.0 Å². The molecule has 1 aliphatic carbocycles. The Morgan fingerprint density at radius 1 is 1.35 bits per heavy atom. The predicted octanol–water partition coefficient (Wildman–Crippen LogP) is 3.17. The molecule has 3 N–H and O–H groups in total. The van der Waals surface area contributed by atoms with Crippen LogP contribution < -0.4 is 11.1 Å². The first-order chi connectivity index (χ1) is 9.19. The largest absolute Gasteiger partial charge is 0.397 e. The van der Waals surface area contributed by atoms with Crippen LogP contribution in [0.5, 0.6) is 0 Å². The standard InChI is InChI=1S/C15H23N3O.ClH/c1-2-3-11-4-7-13(8-5-11)18-15(19)14-9-6-12(16)10-17-14;/h6,9-11,13H,2-5,7-8,16H2,1H3,(H,18,19);1H. The second-order valence-corrected chi connectivity index (χ2v) is 5.46. The highest BCUT2D eigenvalue weighted by atomic mass is 35.5. The van der Waals surface area contributed by atoms with Crippen molar-refractivity contribution in [2.24, 2.45) is 5.92 Å². The fourth-order valence-electron chi connectivity index (χ4n) is 2.80. The molecule has 2 rings (SSSR count). The first kappa shape index (κ1) is 16.8. The van der Waals surface area contributed by atoms with Gasteiger partial charge in [0.05, 0.1) is 11.9 Å². The molecule has 0 aliphatic heterocycles. The van der Waals surface area contributed by atoms with Crippen LogP contribution in [0.4, 0.5) is 5.69 Å². The van der Waals surface area contributed by atoms with E-state index in [1.807, 2.05) is 0 Å². The van der Waals surface area contributed by atoms with E-state index in [9.17, 15) is 4.79 Å². The fraction of sp³-hybridized carbons (Fsp3) is 0.600. The van der Waals surface area contributed by atoms with Crippen molar-refractivity contribution in [3.63, 3.8) is 0 Å². The fourth-order valence-corrected chi connectivity index (χ4v) is 2.80. The van der Waals surface area contributed by atoms with Crippen LogP contribution in [0.3, 0.4) is 0 Å². The summed E-state index contributed by atoms with van der Waals surface area (Å²) >= 11 is 0. The highest BCUT2D eigenvalue weighted by Crippen LogP contribution is 2.27. The molecular weight excluding hydrogens is 274 g/mol. The van der Waals surface area contributed by atoms with Crippen LogP contribution in [0, 0.1) is 5.92 Å². The van der Waals surface area contributed by atoms with E-state index < -0.39 is 0 Å². The summed E-state index contributed by atoms with van der Waals surface area (Å²) in [5, 5.41) is 3.08. The minimum absolute atomic E-state index is 0. The number of rotatable bonds is 4. The summed E-state index contributed by atoms with van der Waals surface area (Å²) in [6, 6.07) is 3.69. The predicted molar refractivity (Wildman–Crippen MR) is 84.0 cm³/mol. The molecule has 1 amide bonds. The lowest BCUT2D eigenvalue weighted by Gasteiger charge is -2.28. The summed E-state index contributed by atoms with van der Waals surface area (Å²) < 4.78 is 0. The molecule has 112 valence electrons. The number of carbonyl (C=O) groups excluding carboxylic acids is 1. The number of anilines is 1. The van der Waals surface area contributed by atoms with Gasteiger partial charge in [0.25, 0.3) is 5.91 Å². The number of nitrogens with two attached hydrogens (primary N) is 1. The van der Waals surface area contributed by atoms with E-state index in [1.54, 1.807) is 12.1 Å². The van der Waals surface area contributed by atoms with Crippen molar-refractivity contribution in [2.45, 2.75) is 51.5 Å². The third-order valence-electron chi connectivity index (χ3n) is 3.90. The molecule has 0 unspecified atom stereocenters. The number of hydrogen-bond donors (Lipinski definition) is 2. The first-order valence-electron chi connectivity index (χ1n) is 7.21. The average molecular weight is 298 g/mol. The van der Waals surface area contributed by atoms with Gasteiger partial charge in [0, 0.05) is 6.04 Å². The van der Waals surface area contributed by atoms with Crippen LogP contribution in [-0.4, -0.2) is 16.9 Å². The second-order valence-electron chi connectivity index (χ2n) is 5.46. The smallest absolute Gasteiger partial charge is 0.270 e. The third-order valence-corrected chi connectivity index (χ3v) is 3.90. The number of hydrogen-bond acceptors (Lipinski definition) is 3. The summed E-state index contributed by atoms with van der Waals surface area (Å²) in [6.07, 6.45) is 8.74. The minimum Gasteiger partial charge on any atom is -0.397 e. The van der Waals surface area contributed by atoms with Crippen molar-refractivity contribution >= 4 is 24.0 Å². The SMILES string of the molecule is CCCC1CCC(NC(=O)c2ccc(N)cn2)CC1.Cl. The lowest BCUT2D eigenvalue weighted by Crippen LogP contribution is -2.38. The van der Waals surface area contributed by atoms with Crippen molar-refractivity contribution in [1.29, 1.82) is 0 Å². The molecule has 0 atom stereocenters. The maximum Gasteiger partial charge on any atom is 0.270 e. The number of pyridine rings is 1. The van der Waals surface area contributed by atoms with Crippen LogP contribution in [0.15, 0.2) is 18.3 Å². The summed E-state index contributed by atoms with van der Waals surface area (Å²) in [5.74, 6) is 0.770. The van der Waals surface area contributed by atoms with Crippen molar-refractivity contribution in [3.05, 3.63) is 24.0 Å². The highest BCUT2D eigenvalue weighted by molar-refractivity contribution is 5.92. The molecule has 0 saturated heterocycles. The quantitative estimate of drug-likeness (QED) is 0.897. The van der Waals surface area contributed by atoms with Crippen LogP contribution in [-0.2, 0) is 0 Å². The first-order valence-corrected chi connectivity index (χ1v) is 7.21. The number of amides is 1. The molecule has 1 aliphatic rings. The van der Waals surface area contributed by atoms with Crippen LogP contribution in [0.25, 0.3) is 0 Å². The number of nitrogens with zero attached hydrogens (tertiary/aromatic N) is 1. The molecule has 0 bridgehead atoms. The Morgan fingerprint density at radius 2 is 2.05 bits per heavy atom. The van der Waals surface area contributed by atoms with E-state index in [4.69, 9.17) is 5.73 Å². The molecular formula is C15H24ClN3O. The van der Waals surface area contributed by atoms with E-state index in [2.05, 4.69) is 17.2 Å². The van der Waals surface area contributed by atoms with Gasteiger partial charge >= 0.3 is 0 Å². The number of aromatic nitrogens is 1. The zero-order valence-electron chi connectivity index (χ0n) is 12.0. The molecule has 0 aromatic carbocycles. The van der Waals surface area contributed by atoms with Gasteiger partial charge < -0.3 is 11.1 Å². The zero-order chi connectivity index (χ0) is 13.7. The maximum absolute atomic E-state index is 12.0. The summed E-state index contributed by atoms with van der Waals surface area (Å²) in [6.45, 7) is 2.24. The molecule has 1 heterocycles. The van der Waals surface area contributed by atoms with Crippen LogP contribution >= 0.6 is 12.4 Å². The average Bonchev–Trinajstić information content (AvgIpc) is 2.42. The molecule has 1 aromatic rings. The molecule has 4 nitrogen and oxygen atoms in total. The van der Waals surface area contributed by atoms with Crippen molar-refractivity contribution in [1.82, 2.24) is 10.3 Å². The molecule has 1 fully saturated rings. The summed E-state index contributed by atoms with van der Waals surface area (Å²) in [5.41, 5.74) is 6.59. The van der Waals surface area contributed by atoms with Gasteiger partial charge in [-0.2, -0.15) is 0 Å². The molecule has 0 radical (unpaired) electrons. The van der Waals surface area contributed by atoms with Gasteiger partial charge in [0.15, 0.2) is 0 Å². The molecule has 5 heteroatoms. The van der Waals surface area contributed by atoms with Crippen LogP contribution in [0.2, 0.25) is 0 Å². The normalized spacial score (nSPS) is 21.9. The van der Waals surface area contributed by atoms with E-state index in [-0.39, 0.29) is 18.3 Å².